The number of carbonyl (C=O) groups is 2. The Morgan fingerprint density at radius 2 is 1.62 bits per heavy atom. The Bertz CT molecular complexity index is 1050. The summed E-state index contributed by atoms with van der Waals surface area (Å²) in [5.74, 6) is -0.999. The first-order valence-electron chi connectivity index (χ1n) is 10.4. The van der Waals surface area contributed by atoms with E-state index in [1.54, 1.807) is 31.2 Å². The van der Waals surface area contributed by atoms with Crippen molar-refractivity contribution in [2.24, 2.45) is 0 Å². The SMILES string of the molecule is Cc1ccccc1N1C(=O)CNCC1C(=O)N(C)[C@H](C)c1cc(C(F)(F)F)cc(C(F)(F)F)c1. The van der Waals surface area contributed by atoms with Gasteiger partial charge in [0.25, 0.3) is 0 Å². The van der Waals surface area contributed by atoms with Crippen LogP contribution >= 0.6 is 0 Å². The molecule has 3 rings (SSSR count). The van der Waals surface area contributed by atoms with Gasteiger partial charge in [-0.15, -0.1) is 0 Å². The van der Waals surface area contributed by atoms with Gasteiger partial charge in [0.15, 0.2) is 0 Å². The van der Waals surface area contributed by atoms with Gasteiger partial charge < -0.3 is 10.2 Å². The number of nitrogens with zero attached hydrogens (tertiary/aromatic N) is 2. The van der Waals surface area contributed by atoms with Crippen LogP contribution in [0, 0.1) is 6.92 Å². The van der Waals surface area contributed by atoms with Gasteiger partial charge >= 0.3 is 12.4 Å². The Morgan fingerprint density at radius 3 is 2.15 bits per heavy atom. The van der Waals surface area contributed by atoms with Gasteiger partial charge in [-0.1, -0.05) is 18.2 Å². The molecule has 1 heterocycles. The molecule has 11 heteroatoms. The molecule has 0 aliphatic carbocycles. The lowest BCUT2D eigenvalue weighted by molar-refractivity contribution is -0.143. The Morgan fingerprint density at radius 1 is 1.06 bits per heavy atom. The second kappa shape index (κ2) is 9.28. The van der Waals surface area contributed by atoms with Gasteiger partial charge in [-0.25, -0.2) is 0 Å². The molecule has 0 radical (unpaired) electrons. The molecule has 1 aliphatic rings. The number of halogens is 6. The Hall–Kier alpha value is -3.08. The van der Waals surface area contributed by atoms with Gasteiger partial charge in [0, 0.05) is 19.3 Å². The minimum Gasteiger partial charge on any atom is -0.337 e. The monoisotopic (exact) mass is 487 g/mol. The molecule has 34 heavy (non-hydrogen) atoms. The molecule has 2 aromatic rings. The van der Waals surface area contributed by atoms with E-state index in [-0.39, 0.29) is 30.6 Å². The summed E-state index contributed by atoms with van der Waals surface area (Å²) >= 11 is 0. The first kappa shape index (κ1) is 25.5. The molecule has 2 atom stereocenters. The topological polar surface area (TPSA) is 52.7 Å². The number of aryl methyl sites for hydroxylation is 1. The lowest BCUT2D eigenvalue weighted by atomic mass is 9.98. The molecular formula is C23H23F6N3O2. The molecule has 5 nitrogen and oxygen atoms in total. The number of likely N-dealkylation sites (N-methyl/N-ethyl adjacent to an activating group) is 1. The van der Waals surface area contributed by atoms with Crippen LogP contribution in [0.2, 0.25) is 0 Å². The van der Waals surface area contributed by atoms with E-state index >= 15 is 0 Å². The summed E-state index contributed by atoms with van der Waals surface area (Å²) in [4.78, 5) is 28.4. The number of nitrogens with one attached hydrogen (secondary N) is 1. The van der Waals surface area contributed by atoms with E-state index in [1.807, 2.05) is 0 Å². The smallest absolute Gasteiger partial charge is 0.337 e. The van der Waals surface area contributed by atoms with Crippen molar-refractivity contribution in [1.82, 2.24) is 10.2 Å². The van der Waals surface area contributed by atoms with E-state index in [2.05, 4.69) is 5.32 Å². The maximum Gasteiger partial charge on any atom is 0.416 e. The molecule has 1 aliphatic heterocycles. The van der Waals surface area contributed by atoms with Crippen LogP contribution in [0.5, 0.6) is 0 Å². The lowest BCUT2D eigenvalue weighted by Gasteiger charge is -2.39. The molecule has 1 saturated heterocycles. The second-order valence-corrected chi connectivity index (χ2v) is 8.16. The average molecular weight is 487 g/mol. The fraction of sp³-hybridized carbons (Fsp3) is 0.391. The van der Waals surface area contributed by atoms with E-state index in [9.17, 15) is 35.9 Å². The highest BCUT2D eigenvalue weighted by Gasteiger charge is 2.40. The zero-order valence-corrected chi connectivity index (χ0v) is 18.6. The molecule has 0 bridgehead atoms. The van der Waals surface area contributed by atoms with Crippen molar-refractivity contribution in [2.75, 3.05) is 25.0 Å². The predicted octanol–water partition coefficient (Wildman–Crippen LogP) is 4.56. The number of hydrogen-bond donors (Lipinski definition) is 1. The van der Waals surface area contributed by atoms with Gasteiger partial charge in [-0.2, -0.15) is 26.3 Å². The lowest BCUT2D eigenvalue weighted by Crippen LogP contribution is -2.61. The van der Waals surface area contributed by atoms with Crippen molar-refractivity contribution in [1.29, 1.82) is 0 Å². The summed E-state index contributed by atoms with van der Waals surface area (Å²) in [6.45, 7) is 3.16. The summed E-state index contributed by atoms with van der Waals surface area (Å²) in [6.07, 6.45) is -10.0. The van der Waals surface area contributed by atoms with Gasteiger partial charge in [0.05, 0.1) is 23.7 Å². The van der Waals surface area contributed by atoms with Gasteiger partial charge in [0.2, 0.25) is 11.8 Å². The Kier molecular flexibility index (Phi) is 6.97. The van der Waals surface area contributed by atoms with Gasteiger partial charge in [0.1, 0.15) is 6.04 Å². The maximum absolute atomic E-state index is 13.4. The minimum atomic E-state index is -5.00. The van der Waals surface area contributed by atoms with Crippen LogP contribution in [-0.4, -0.2) is 42.9 Å². The molecule has 1 fully saturated rings. The fourth-order valence-corrected chi connectivity index (χ4v) is 3.87. The van der Waals surface area contributed by atoms with Crippen LogP contribution in [0.15, 0.2) is 42.5 Å². The summed E-state index contributed by atoms with van der Waals surface area (Å²) in [5.41, 5.74) is -2.00. The largest absolute Gasteiger partial charge is 0.416 e. The molecule has 184 valence electrons. The summed E-state index contributed by atoms with van der Waals surface area (Å²) in [7, 11) is 1.29. The van der Waals surface area contributed by atoms with Crippen LogP contribution in [0.4, 0.5) is 32.0 Å². The molecule has 0 saturated carbocycles. The second-order valence-electron chi connectivity index (χ2n) is 8.16. The number of carbonyl (C=O) groups excluding carboxylic acids is 2. The van der Waals surface area contributed by atoms with Crippen molar-refractivity contribution in [3.8, 4) is 0 Å². The number of amides is 2. The van der Waals surface area contributed by atoms with Crippen molar-refractivity contribution in [2.45, 2.75) is 38.3 Å². The first-order chi connectivity index (χ1) is 15.7. The summed E-state index contributed by atoms with van der Waals surface area (Å²) in [6, 6.07) is 6.00. The molecule has 0 spiro atoms. The molecule has 2 amide bonds. The normalized spacial score (nSPS) is 18.1. The zero-order valence-electron chi connectivity index (χ0n) is 18.6. The van der Waals surface area contributed by atoms with E-state index in [0.717, 1.165) is 10.5 Å². The first-order valence-corrected chi connectivity index (χ1v) is 10.4. The van der Waals surface area contributed by atoms with Crippen LogP contribution in [-0.2, 0) is 21.9 Å². The number of piperazine rings is 1. The van der Waals surface area contributed by atoms with Crippen LogP contribution in [0.25, 0.3) is 0 Å². The number of anilines is 1. The summed E-state index contributed by atoms with van der Waals surface area (Å²) < 4.78 is 79.6. The van der Waals surface area contributed by atoms with Crippen molar-refractivity contribution in [3.63, 3.8) is 0 Å². The van der Waals surface area contributed by atoms with Crippen molar-refractivity contribution < 1.29 is 35.9 Å². The Balaban J connectivity index is 1.97. The molecule has 2 aromatic carbocycles. The predicted molar refractivity (Wildman–Crippen MR) is 113 cm³/mol. The number of alkyl halides is 6. The van der Waals surface area contributed by atoms with Gasteiger partial charge in [-0.05, 0) is 49.2 Å². The highest BCUT2D eigenvalue weighted by atomic mass is 19.4. The highest BCUT2D eigenvalue weighted by Crippen LogP contribution is 2.38. The third-order valence-electron chi connectivity index (χ3n) is 5.88. The van der Waals surface area contributed by atoms with E-state index in [4.69, 9.17) is 0 Å². The van der Waals surface area contributed by atoms with E-state index < -0.39 is 41.5 Å². The van der Waals surface area contributed by atoms with Crippen molar-refractivity contribution in [3.05, 3.63) is 64.7 Å². The number of hydrogen-bond acceptors (Lipinski definition) is 3. The number of rotatable bonds is 4. The average Bonchev–Trinajstić information content (AvgIpc) is 2.76. The quantitative estimate of drug-likeness (QED) is 0.644. The zero-order chi connectivity index (χ0) is 25.4. The number of para-hydroxylation sites is 1. The maximum atomic E-state index is 13.4. The molecule has 1 N–H and O–H groups in total. The standard InChI is InChI=1S/C23H23F6N3O2/c1-13-6-4-5-7-18(13)32-19(11-30-12-20(32)33)21(34)31(3)14(2)15-8-16(22(24,25)26)10-17(9-15)23(27,28)29/h4-10,14,19,30H,11-12H2,1-3H3/t14-,19?/m1/s1. The van der Waals surface area contributed by atoms with Crippen LogP contribution in [0.1, 0.15) is 35.2 Å². The highest BCUT2D eigenvalue weighted by molar-refractivity contribution is 6.03. The van der Waals surface area contributed by atoms with Gasteiger partial charge in [-0.3, -0.25) is 14.5 Å². The molecular weight excluding hydrogens is 464 g/mol. The van der Waals surface area contributed by atoms with Crippen LogP contribution in [0.3, 0.4) is 0 Å². The minimum absolute atomic E-state index is 0.0139. The Labute approximate surface area is 192 Å². The molecule has 0 aromatic heterocycles. The third-order valence-corrected chi connectivity index (χ3v) is 5.88. The van der Waals surface area contributed by atoms with Crippen LogP contribution < -0.4 is 10.2 Å². The number of benzene rings is 2. The molecule has 1 unspecified atom stereocenters. The van der Waals surface area contributed by atoms with E-state index in [0.29, 0.717) is 17.8 Å². The van der Waals surface area contributed by atoms with E-state index in [1.165, 1.54) is 18.9 Å². The summed E-state index contributed by atoms with van der Waals surface area (Å²) in [5, 5.41) is 2.84. The third kappa shape index (κ3) is 5.19. The fourth-order valence-electron chi connectivity index (χ4n) is 3.87. The van der Waals surface area contributed by atoms with Crippen molar-refractivity contribution >= 4 is 17.5 Å².